The molecule has 1 amide bonds. The average Bonchev–Trinajstić information content (AvgIpc) is 2.82. The Hall–Kier alpha value is -3.11. The monoisotopic (exact) mass is 476 g/mol. The quantitative estimate of drug-likeness (QED) is 0.375. The highest BCUT2D eigenvalue weighted by atomic mass is 32.2. The molecule has 0 aliphatic carbocycles. The van der Waals surface area contributed by atoms with Crippen LogP contribution in [0.1, 0.15) is 25.3 Å². The lowest BCUT2D eigenvalue weighted by Gasteiger charge is -2.19. The summed E-state index contributed by atoms with van der Waals surface area (Å²) in [5.41, 5.74) is 1.10. The summed E-state index contributed by atoms with van der Waals surface area (Å²) in [6.45, 7) is 2.76. The number of hydrogen-bond acceptors (Lipinski definition) is 7. The van der Waals surface area contributed by atoms with Crippen molar-refractivity contribution >= 4 is 21.9 Å². The van der Waals surface area contributed by atoms with Gasteiger partial charge < -0.3 is 19.5 Å². The minimum Gasteiger partial charge on any atom is -0.486 e. The first-order valence-electron chi connectivity index (χ1n) is 10.8. The molecule has 1 aliphatic heterocycles. The molecule has 0 bridgehead atoms. The zero-order valence-corrected chi connectivity index (χ0v) is 19.2. The Bertz CT molecular complexity index is 1060. The molecule has 178 valence electrons. The number of hydrogen-bond donors (Lipinski definition) is 2. The van der Waals surface area contributed by atoms with Gasteiger partial charge in [0.2, 0.25) is 10.0 Å². The van der Waals surface area contributed by atoms with Gasteiger partial charge in [0, 0.05) is 25.6 Å². The van der Waals surface area contributed by atoms with Gasteiger partial charge >= 0.3 is 5.97 Å². The van der Waals surface area contributed by atoms with Gasteiger partial charge in [-0.1, -0.05) is 30.3 Å². The summed E-state index contributed by atoms with van der Waals surface area (Å²) in [5, 5.41) is 2.74. The van der Waals surface area contributed by atoms with Gasteiger partial charge in [-0.05, 0) is 37.5 Å². The van der Waals surface area contributed by atoms with Crippen LogP contribution in [0.3, 0.4) is 0 Å². The zero-order chi connectivity index (χ0) is 23.7. The van der Waals surface area contributed by atoms with Crippen molar-refractivity contribution < 1.29 is 32.2 Å². The van der Waals surface area contributed by atoms with E-state index in [1.54, 1.807) is 6.07 Å². The molecule has 0 fully saturated rings. The highest BCUT2D eigenvalue weighted by molar-refractivity contribution is 7.89. The Morgan fingerprint density at radius 3 is 2.52 bits per heavy atom. The van der Waals surface area contributed by atoms with E-state index >= 15 is 0 Å². The second-order valence-corrected chi connectivity index (χ2v) is 9.23. The lowest BCUT2D eigenvalue weighted by molar-refractivity contribution is -0.154. The molecule has 1 heterocycles. The number of carbonyl (C=O) groups is 2. The van der Waals surface area contributed by atoms with Gasteiger partial charge in [0.1, 0.15) is 13.2 Å². The minimum atomic E-state index is -3.76. The zero-order valence-electron chi connectivity index (χ0n) is 18.4. The lowest BCUT2D eigenvalue weighted by atomic mass is 10.1. The Labute approximate surface area is 193 Å². The van der Waals surface area contributed by atoms with Crippen molar-refractivity contribution in [1.29, 1.82) is 0 Å². The van der Waals surface area contributed by atoms with Crippen LogP contribution in [0.5, 0.6) is 11.5 Å². The summed E-state index contributed by atoms with van der Waals surface area (Å²) < 4.78 is 43.3. The second-order valence-electron chi connectivity index (χ2n) is 7.47. The van der Waals surface area contributed by atoms with Crippen LogP contribution in [0.25, 0.3) is 0 Å². The number of amides is 1. The molecule has 0 spiro atoms. The summed E-state index contributed by atoms with van der Waals surface area (Å²) in [5.74, 6) is -0.0669. The number of esters is 1. The van der Waals surface area contributed by atoms with Crippen molar-refractivity contribution in [2.24, 2.45) is 0 Å². The normalized spacial score (nSPS) is 13.7. The van der Waals surface area contributed by atoms with Crippen molar-refractivity contribution in [3.8, 4) is 11.5 Å². The molecule has 2 aromatic rings. The molecule has 1 aliphatic rings. The standard InChI is InChI=1S/C23H28N2O7S/c1-17(23(27)24-13-11-18-6-3-2-4-7-18)32-22(26)8-5-12-25-33(28,29)19-9-10-20-21(16-19)31-15-14-30-20/h2-4,6-7,9-10,16-17,25H,5,8,11-15H2,1H3,(H,24,27). The molecule has 1 atom stereocenters. The molecule has 9 nitrogen and oxygen atoms in total. The van der Waals surface area contributed by atoms with Crippen molar-refractivity contribution in [1.82, 2.24) is 10.0 Å². The van der Waals surface area contributed by atoms with E-state index in [1.165, 1.54) is 19.1 Å². The van der Waals surface area contributed by atoms with Gasteiger partial charge in [0.15, 0.2) is 17.6 Å². The first-order valence-corrected chi connectivity index (χ1v) is 12.2. The van der Waals surface area contributed by atoms with Crippen LogP contribution in [0.15, 0.2) is 53.4 Å². The van der Waals surface area contributed by atoms with E-state index in [0.717, 1.165) is 5.56 Å². The number of rotatable bonds is 11. The highest BCUT2D eigenvalue weighted by Crippen LogP contribution is 2.32. The first-order chi connectivity index (χ1) is 15.8. The van der Waals surface area contributed by atoms with Crippen LogP contribution in [0, 0.1) is 0 Å². The second kappa shape index (κ2) is 11.7. The maximum Gasteiger partial charge on any atom is 0.306 e. The number of sulfonamides is 1. The molecule has 2 aromatic carbocycles. The Balaban J connectivity index is 1.35. The SMILES string of the molecule is CC(OC(=O)CCCNS(=O)(=O)c1ccc2c(c1)OCCO2)C(=O)NCCc1ccccc1. The molecule has 33 heavy (non-hydrogen) atoms. The number of carbonyl (C=O) groups excluding carboxylic acids is 2. The predicted octanol–water partition coefficient (Wildman–Crippen LogP) is 1.81. The third-order valence-electron chi connectivity index (χ3n) is 4.91. The average molecular weight is 477 g/mol. The van der Waals surface area contributed by atoms with E-state index in [9.17, 15) is 18.0 Å². The fourth-order valence-corrected chi connectivity index (χ4v) is 4.23. The summed E-state index contributed by atoms with van der Waals surface area (Å²) >= 11 is 0. The van der Waals surface area contributed by atoms with Crippen molar-refractivity contribution in [2.45, 2.75) is 37.2 Å². The molecular weight excluding hydrogens is 448 g/mol. The van der Waals surface area contributed by atoms with Gasteiger partial charge in [0.25, 0.3) is 5.91 Å². The molecule has 3 rings (SSSR count). The molecule has 0 saturated heterocycles. The predicted molar refractivity (Wildman–Crippen MR) is 121 cm³/mol. The fraction of sp³-hybridized carbons (Fsp3) is 0.391. The fourth-order valence-electron chi connectivity index (χ4n) is 3.14. The molecule has 2 N–H and O–H groups in total. The number of benzene rings is 2. The minimum absolute atomic E-state index is 0.0225. The summed E-state index contributed by atoms with van der Waals surface area (Å²) in [7, 11) is -3.76. The van der Waals surface area contributed by atoms with Crippen molar-refractivity contribution in [2.75, 3.05) is 26.3 Å². The highest BCUT2D eigenvalue weighted by Gasteiger charge is 2.20. The van der Waals surface area contributed by atoms with Crippen LogP contribution >= 0.6 is 0 Å². The number of ether oxygens (including phenoxy) is 3. The van der Waals surface area contributed by atoms with Crippen LogP contribution in [-0.4, -0.2) is 52.7 Å². The Morgan fingerprint density at radius 1 is 1.03 bits per heavy atom. The van der Waals surface area contributed by atoms with Gasteiger partial charge in [-0.3, -0.25) is 9.59 Å². The van der Waals surface area contributed by atoms with E-state index in [-0.39, 0.29) is 30.2 Å². The molecule has 1 unspecified atom stereocenters. The van der Waals surface area contributed by atoms with E-state index in [4.69, 9.17) is 14.2 Å². The van der Waals surface area contributed by atoms with E-state index in [0.29, 0.717) is 37.7 Å². The van der Waals surface area contributed by atoms with E-state index in [2.05, 4.69) is 10.0 Å². The van der Waals surface area contributed by atoms with Crippen LogP contribution in [0.4, 0.5) is 0 Å². The molecule has 0 aromatic heterocycles. The topological polar surface area (TPSA) is 120 Å². The summed E-state index contributed by atoms with van der Waals surface area (Å²) in [6, 6.07) is 14.1. The van der Waals surface area contributed by atoms with Gasteiger partial charge in [-0.15, -0.1) is 0 Å². The van der Waals surface area contributed by atoms with Crippen LogP contribution in [0.2, 0.25) is 0 Å². The van der Waals surface area contributed by atoms with Crippen LogP contribution < -0.4 is 19.5 Å². The van der Waals surface area contributed by atoms with Crippen molar-refractivity contribution in [3.05, 3.63) is 54.1 Å². The largest absolute Gasteiger partial charge is 0.486 e. The van der Waals surface area contributed by atoms with Crippen molar-refractivity contribution in [3.63, 3.8) is 0 Å². The van der Waals surface area contributed by atoms with Crippen LogP contribution in [-0.2, 0) is 30.8 Å². The first kappa shape index (κ1) is 24.5. The van der Waals surface area contributed by atoms with Gasteiger partial charge in [0.05, 0.1) is 4.90 Å². The Morgan fingerprint density at radius 2 is 1.76 bits per heavy atom. The molecule has 0 radical (unpaired) electrons. The molecule has 10 heteroatoms. The third kappa shape index (κ3) is 7.47. The lowest BCUT2D eigenvalue weighted by Crippen LogP contribution is -2.37. The third-order valence-corrected chi connectivity index (χ3v) is 6.37. The van der Waals surface area contributed by atoms with E-state index < -0.39 is 22.1 Å². The maximum absolute atomic E-state index is 12.5. The number of fused-ring (bicyclic) bond motifs is 1. The molecular formula is C23H28N2O7S. The van der Waals surface area contributed by atoms with Gasteiger partial charge in [-0.25, -0.2) is 13.1 Å². The summed E-state index contributed by atoms with van der Waals surface area (Å²) in [6.07, 6.45) is -0.0461. The van der Waals surface area contributed by atoms with Gasteiger partial charge in [-0.2, -0.15) is 0 Å². The Kier molecular flexibility index (Phi) is 8.67. The maximum atomic E-state index is 12.5. The summed E-state index contributed by atoms with van der Waals surface area (Å²) in [4.78, 5) is 24.1. The smallest absolute Gasteiger partial charge is 0.306 e. The molecule has 0 saturated carbocycles. The van der Waals surface area contributed by atoms with E-state index in [1.807, 2.05) is 30.3 Å². The number of nitrogens with one attached hydrogen (secondary N) is 2.